The zero-order valence-electron chi connectivity index (χ0n) is 24.9. The molecule has 1 aromatic carbocycles. The summed E-state index contributed by atoms with van der Waals surface area (Å²) in [5.41, 5.74) is 6.65. The molecule has 45 heavy (non-hydrogen) atoms. The molecule has 228 valence electrons. The molecule has 7 rings (SSSR count). The molecule has 12 heteroatoms. The van der Waals surface area contributed by atoms with Crippen LogP contribution in [0.2, 0.25) is 0 Å². The molecular weight excluding hydrogens is 576 g/mol. The van der Waals surface area contributed by atoms with Crippen molar-refractivity contribution >= 4 is 11.4 Å². The number of aryl methyl sites for hydroxylation is 2. The minimum Gasteiger partial charge on any atom is -0.326 e. The van der Waals surface area contributed by atoms with E-state index in [-0.39, 0.29) is 29.6 Å². The number of nitrogens with zero attached hydrogens (tertiary/aromatic N) is 9. The minimum absolute atomic E-state index is 0.00193. The number of carbonyl (C=O) groups excluding carboxylic acids is 1. The summed E-state index contributed by atoms with van der Waals surface area (Å²) in [5, 5.41) is 9.38. The topological polar surface area (TPSA) is 99.0 Å². The number of hydrogen-bond donors (Lipinski definition) is 0. The third-order valence-electron chi connectivity index (χ3n) is 8.37. The molecule has 0 saturated carbocycles. The molecule has 5 aromatic heterocycles. The SMILES string of the molecule is Cc1nn(C)cc1CN1CCC(n2cnc(-c3ccc(F)cc3)c2-c2ccc3nc(CC(=O)c4ccnc(F)c4)cn3n2)CC1. The summed E-state index contributed by atoms with van der Waals surface area (Å²) < 4.78 is 33.1. The third-order valence-corrected chi connectivity index (χ3v) is 8.37. The number of halogens is 2. The number of benzene rings is 1. The largest absolute Gasteiger partial charge is 0.326 e. The van der Waals surface area contributed by atoms with Crippen molar-refractivity contribution in [3.05, 3.63) is 108 Å². The number of piperidine rings is 1. The first-order valence-electron chi connectivity index (χ1n) is 14.9. The molecule has 0 atom stereocenters. The highest BCUT2D eigenvalue weighted by molar-refractivity contribution is 5.97. The summed E-state index contributed by atoms with van der Waals surface area (Å²) in [7, 11) is 1.95. The van der Waals surface area contributed by atoms with Crippen molar-refractivity contribution < 1.29 is 13.6 Å². The first kappa shape index (κ1) is 28.7. The molecule has 0 aliphatic carbocycles. The fourth-order valence-corrected chi connectivity index (χ4v) is 6.10. The second kappa shape index (κ2) is 11.8. The molecule has 6 heterocycles. The molecule has 10 nitrogen and oxygen atoms in total. The van der Waals surface area contributed by atoms with Gasteiger partial charge in [-0.25, -0.2) is 23.9 Å². The van der Waals surface area contributed by atoms with Crippen molar-refractivity contribution in [3.8, 4) is 22.6 Å². The summed E-state index contributed by atoms with van der Waals surface area (Å²) in [6.45, 7) is 4.76. The molecule has 1 saturated heterocycles. The number of ketones is 1. The standard InChI is InChI=1S/C33H31F2N9O/c1-21-24(17-41(2)39-21)18-42-13-10-27(11-14-42)43-20-37-32(22-3-5-25(34)6-4-22)33(43)28-7-8-31-38-26(19-44(31)40-28)16-29(45)23-9-12-36-30(35)15-23/h3-9,12,15,17,19-20,27H,10-11,13-14,16,18H2,1-2H3. The normalized spacial score (nSPS) is 14.4. The van der Waals surface area contributed by atoms with Crippen LogP contribution >= 0.6 is 0 Å². The predicted molar refractivity (Wildman–Crippen MR) is 163 cm³/mol. The van der Waals surface area contributed by atoms with E-state index in [9.17, 15) is 13.6 Å². The maximum atomic E-state index is 13.8. The Kier molecular flexibility index (Phi) is 7.50. The van der Waals surface area contributed by atoms with Crippen molar-refractivity contribution in [2.45, 2.75) is 38.8 Å². The zero-order valence-corrected chi connectivity index (χ0v) is 24.9. The van der Waals surface area contributed by atoms with Gasteiger partial charge in [0.1, 0.15) is 11.5 Å². The highest BCUT2D eigenvalue weighted by atomic mass is 19.1. The summed E-state index contributed by atoms with van der Waals surface area (Å²) in [6.07, 6.45) is 8.79. The monoisotopic (exact) mass is 607 g/mol. The maximum absolute atomic E-state index is 13.8. The summed E-state index contributed by atoms with van der Waals surface area (Å²) in [5.74, 6) is -1.28. The van der Waals surface area contributed by atoms with Crippen molar-refractivity contribution in [3.63, 3.8) is 0 Å². The Morgan fingerprint density at radius 1 is 0.978 bits per heavy atom. The fraction of sp³-hybridized carbons (Fsp3) is 0.273. The summed E-state index contributed by atoms with van der Waals surface area (Å²) in [4.78, 5) is 28.1. The van der Waals surface area contributed by atoms with Crippen LogP contribution in [0.4, 0.5) is 8.78 Å². The Bertz CT molecular complexity index is 2000. The Morgan fingerprint density at radius 2 is 1.78 bits per heavy atom. The van der Waals surface area contributed by atoms with E-state index in [0.29, 0.717) is 22.7 Å². The number of rotatable bonds is 8. The Hall–Kier alpha value is -5.10. The second-order valence-corrected chi connectivity index (χ2v) is 11.5. The molecule has 1 aliphatic rings. The van der Waals surface area contributed by atoms with Gasteiger partial charge in [-0.05, 0) is 62.2 Å². The number of pyridine rings is 1. The van der Waals surface area contributed by atoms with Crippen LogP contribution in [0.1, 0.15) is 46.2 Å². The van der Waals surface area contributed by atoms with E-state index in [0.717, 1.165) is 55.5 Å². The van der Waals surface area contributed by atoms with E-state index >= 15 is 0 Å². The van der Waals surface area contributed by atoms with E-state index in [1.807, 2.05) is 37.1 Å². The van der Waals surface area contributed by atoms with Crippen molar-refractivity contribution in [1.29, 1.82) is 0 Å². The molecule has 0 spiro atoms. The molecule has 1 aliphatic heterocycles. The number of likely N-dealkylation sites (tertiary alicyclic amines) is 1. The Morgan fingerprint density at radius 3 is 2.51 bits per heavy atom. The van der Waals surface area contributed by atoms with Gasteiger partial charge in [0.25, 0.3) is 0 Å². The smallest absolute Gasteiger partial charge is 0.213 e. The third kappa shape index (κ3) is 5.88. The molecule has 0 bridgehead atoms. The van der Waals surface area contributed by atoms with Gasteiger partial charge in [0.05, 0.1) is 41.7 Å². The number of Topliss-reactive ketones (excluding diaryl/α,β-unsaturated/α-hetero) is 1. The van der Waals surface area contributed by atoms with Gasteiger partial charge in [0, 0.05) is 67.9 Å². The van der Waals surface area contributed by atoms with Gasteiger partial charge in [-0.2, -0.15) is 14.6 Å². The highest BCUT2D eigenvalue weighted by Crippen LogP contribution is 2.35. The molecule has 1 fully saturated rings. The fourth-order valence-electron chi connectivity index (χ4n) is 6.10. The Labute approximate surface area is 258 Å². The van der Waals surface area contributed by atoms with Crippen LogP contribution in [0.15, 0.2) is 73.4 Å². The lowest BCUT2D eigenvalue weighted by Crippen LogP contribution is -2.34. The van der Waals surface area contributed by atoms with Gasteiger partial charge in [0.15, 0.2) is 11.4 Å². The van der Waals surface area contributed by atoms with Crippen LogP contribution < -0.4 is 0 Å². The van der Waals surface area contributed by atoms with Crippen LogP contribution in [0.3, 0.4) is 0 Å². The first-order chi connectivity index (χ1) is 21.8. The maximum Gasteiger partial charge on any atom is 0.213 e. The number of fused-ring (bicyclic) bond motifs is 1. The summed E-state index contributed by atoms with van der Waals surface area (Å²) in [6, 6.07) is 12.9. The summed E-state index contributed by atoms with van der Waals surface area (Å²) >= 11 is 0. The lowest BCUT2D eigenvalue weighted by atomic mass is 10.0. The quantitative estimate of drug-likeness (QED) is 0.172. The van der Waals surface area contributed by atoms with Crippen LogP contribution in [-0.2, 0) is 20.0 Å². The lowest BCUT2D eigenvalue weighted by Gasteiger charge is -2.33. The second-order valence-electron chi connectivity index (χ2n) is 11.5. The highest BCUT2D eigenvalue weighted by Gasteiger charge is 2.26. The first-order valence-corrected chi connectivity index (χ1v) is 14.9. The van der Waals surface area contributed by atoms with Gasteiger partial charge in [-0.15, -0.1) is 0 Å². The zero-order chi connectivity index (χ0) is 31.1. The number of imidazole rings is 2. The molecular formula is C33H31F2N9O. The van der Waals surface area contributed by atoms with Crippen LogP contribution in [0.25, 0.3) is 28.3 Å². The van der Waals surface area contributed by atoms with Crippen LogP contribution in [0.5, 0.6) is 0 Å². The average Bonchev–Trinajstić information content (AvgIpc) is 3.73. The van der Waals surface area contributed by atoms with Crippen molar-refractivity contribution in [1.82, 2.24) is 43.8 Å². The molecule has 0 radical (unpaired) electrons. The molecule has 0 amide bonds. The van der Waals surface area contributed by atoms with Crippen LogP contribution in [0, 0.1) is 18.7 Å². The predicted octanol–water partition coefficient (Wildman–Crippen LogP) is 5.24. The number of aromatic nitrogens is 8. The van der Waals surface area contributed by atoms with Gasteiger partial charge in [-0.1, -0.05) is 0 Å². The van der Waals surface area contributed by atoms with Crippen molar-refractivity contribution in [2.75, 3.05) is 13.1 Å². The van der Waals surface area contributed by atoms with E-state index in [4.69, 9.17) is 10.1 Å². The van der Waals surface area contributed by atoms with Gasteiger partial charge in [0.2, 0.25) is 5.95 Å². The number of carbonyl (C=O) groups is 1. The van der Waals surface area contributed by atoms with E-state index < -0.39 is 5.95 Å². The van der Waals surface area contributed by atoms with E-state index in [2.05, 4.69) is 30.7 Å². The lowest BCUT2D eigenvalue weighted by molar-refractivity contribution is 0.0991. The molecule has 0 unspecified atom stereocenters. The molecule has 0 N–H and O–H groups in total. The Balaban J connectivity index is 1.18. The molecule has 6 aromatic rings. The van der Waals surface area contributed by atoms with Crippen molar-refractivity contribution in [2.24, 2.45) is 7.05 Å². The van der Waals surface area contributed by atoms with E-state index in [1.54, 1.807) is 22.8 Å². The minimum atomic E-state index is -0.704. The van der Waals surface area contributed by atoms with Gasteiger partial charge in [-0.3, -0.25) is 14.4 Å². The van der Waals surface area contributed by atoms with Gasteiger partial charge >= 0.3 is 0 Å². The number of hydrogen-bond acceptors (Lipinski definition) is 7. The van der Waals surface area contributed by atoms with E-state index in [1.165, 1.54) is 30.0 Å². The van der Waals surface area contributed by atoms with Crippen LogP contribution in [-0.4, -0.2) is 62.7 Å². The van der Waals surface area contributed by atoms with Gasteiger partial charge < -0.3 is 4.57 Å². The average molecular weight is 608 g/mol.